The van der Waals surface area contributed by atoms with Crippen LogP contribution in [-0.2, 0) is 22.4 Å². The number of nitrogens with one attached hydrogen (secondary N) is 1. The van der Waals surface area contributed by atoms with Crippen LogP contribution in [0.25, 0.3) is 11.3 Å². The molecule has 0 spiro atoms. The number of rotatable bonds is 3. The molecule has 2 aromatic rings. The Bertz CT molecular complexity index is 903. The van der Waals surface area contributed by atoms with Crippen LogP contribution >= 0.6 is 11.3 Å². The zero-order chi connectivity index (χ0) is 18.1. The number of aryl methyl sites for hydroxylation is 2. The molecular weight excluding hydrogens is 348 g/mol. The Morgan fingerprint density at radius 3 is 2.77 bits per heavy atom. The topological polar surface area (TPSA) is 74.7 Å². The number of fused-ring (bicyclic) bond motifs is 1. The molecular formula is C19H20N4O2S. The van der Waals surface area contributed by atoms with Crippen molar-refractivity contribution in [2.75, 3.05) is 12.4 Å². The molecule has 0 fully saturated rings. The van der Waals surface area contributed by atoms with E-state index in [1.165, 1.54) is 40.3 Å². The van der Waals surface area contributed by atoms with Crippen LogP contribution in [0, 0.1) is 0 Å². The lowest BCUT2D eigenvalue weighted by Crippen LogP contribution is -2.34. The summed E-state index contributed by atoms with van der Waals surface area (Å²) >= 11 is 1.40. The van der Waals surface area contributed by atoms with Gasteiger partial charge in [-0.25, -0.2) is 9.99 Å². The minimum absolute atomic E-state index is 0.0782. The van der Waals surface area contributed by atoms with Gasteiger partial charge in [0.2, 0.25) is 5.91 Å². The zero-order valence-corrected chi connectivity index (χ0v) is 15.4. The van der Waals surface area contributed by atoms with Gasteiger partial charge in [-0.2, -0.15) is 5.10 Å². The van der Waals surface area contributed by atoms with Gasteiger partial charge in [-0.15, -0.1) is 11.3 Å². The molecule has 26 heavy (non-hydrogen) atoms. The lowest BCUT2D eigenvalue weighted by Gasteiger charge is -2.18. The summed E-state index contributed by atoms with van der Waals surface area (Å²) in [5, 5.41) is 10.6. The first kappa shape index (κ1) is 16.9. The van der Waals surface area contributed by atoms with Crippen LogP contribution in [0.2, 0.25) is 0 Å². The summed E-state index contributed by atoms with van der Waals surface area (Å²) < 4.78 is 0. The number of hydrogen-bond donors (Lipinski definition) is 1. The first-order chi connectivity index (χ1) is 12.6. The molecule has 0 unspecified atom stereocenters. The second kappa shape index (κ2) is 6.99. The predicted molar refractivity (Wildman–Crippen MR) is 102 cm³/mol. The molecule has 0 atom stereocenters. The maximum atomic E-state index is 12.3. The molecule has 7 heteroatoms. The maximum Gasteiger partial charge on any atom is 0.273 e. The van der Waals surface area contributed by atoms with E-state index < -0.39 is 0 Å². The SMILES string of the molecule is CN1N=C(C(=O)Nc2nc(-c3ccc4c(c3)CCCC4)cs2)CCC1=O. The Morgan fingerprint density at radius 2 is 1.96 bits per heavy atom. The van der Waals surface area contributed by atoms with Gasteiger partial charge in [0.25, 0.3) is 5.91 Å². The molecule has 0 saturated carbocycles. The fourth-order valence-electron chi connectivity index (χ4n) is 3.36. The number of aromatic nitrogens is 1. The van der Waals surface area contributed by atoms with Crippen molar-refractivity contribution in [1.82, 2.24) is 9.99 Å². The molecule has 1 aliphatic heterocycles. The molecule has 1 N–H and O–H groups in total. The van der Waals surface area contributed by atoms with E-state index >= 15 is 0 Å². The minimum Gasteiger partial charge on any atom is -0.297 e. The molecule has 134 valence electrons. The Morgan fingerprint density at radius 1 is 1.15 bits per heavy atom. The van der Waals surface area contributed by atoms with Crippen LogP contribution in [0.3, 0.4) is 0 Å². The highest BCUT2D eigenvalue weighted by Gasteiger charge is 2.22. The third kappa shape index (κ3) is 3.39. The number of carbonyl (C=O) groups is 2. The van der Waals surface area contributed by atoms with E-state index in [2.05, 4.69) is 33.6 Å². The van der Waals surface area contributed by atoms with E-state index in [0.717, 1.165) is 24.1 Å². The summed E-state index contributed by atoms with van der Waals surface area (Å²) in [6, 6.07) is 6.53. The maximum absolute atomic E-state index is 12.3. The highest BCUT2D eigenvalue weighted by Crippen LogP contribution is 2.29. The number of amides is 2. The summed E-state index contributed by atoms with van der Waals surface area (Å²) in [6.45, 7) is 0. The second-order valence-electron chi connectivity index (χ2n) is 6.65. The first-order valence-corrected chi connectivity index (χ1v) is 9.71. The van der Waals surface area contributed by atoms with Crippen molar-refractivity contribution < 1.29 is 9.59 Å². The van der Waals surface area contributed by atoms with Gasteiger partial charge in [-0.05, 0) is 42.9 Å². The van der Waals surface area contributed by atoms with E-state index in [0.29, 0.717) is 23.7 Å². The van der Waals surface area contributed by atoms with Crippen LogP contribution in [0.1, 0.15) is 36.8 Å². The average Bonchev–Trinajstić information content (AvgIpc) is 3.12. The number of hydrogen-bond acceptors (Lipinski definition) is 5. The molecule has 1 aromatic carbocycles. The third-order valence-corrected chi connectivity index (χ3v) is 5.60. The number of thiazole rings is 1. The summed E-state index contributed by atoms with van der Waals surface area (Å²) in [7, 11) is 1.56. The molecule has 2 aliphatic rings. The van der Waals surface area contributed by atoms with Crippen LogP contribution in [0.4, 0.5) is 5.13 Å². The van der Waals surface area contributed by atoms with Crippen LogP contribution < -0.4 is 5.32 Å². The lowest BCUT2D eigenvalue weighted by molar-refractivity contribution is -0.130. The van der Waals surface area contributed by atoms with Crippen molar-refractivity contribution in [2.24, 2.45) is 5.10 Å². The number of nitrogens with zero attached hydrogens (tertiary/aromatic N) is 3. The first-order valence-electron chi connectivity index (χ1n) is 8.83. The summed E-state index contributed by atoms with van der Waals surface area (Å²) in [6.07, 6.45) is 5.47. The number of carbonyl (C=O) groups excluding carboxylic acids is 2. The molecule has 4 rings (SSSR count). The molecule has 2 heterocycles. The lowest BCUT2D eigenvalue weighted by atomic mass is 9.90. The second-order valence-corrected chi connectivity index (χ2v) is 7.50. The summed E-state index contributed by atoms with van der Waals surface area (Å²) in [5.74, 6) is -0.374. The van der Waals surface area contributed by atoms with Crippen molar-refractivity contribution >= 4 is 34.0 Å². The van der Waals surface area contributed by atoms with Gasteiger partial charge in [0.15, 0.2) is 5.13 Å². The number of benzene rings is 1. The van der Waals surface area contributed by atoms with E-state index in [-0.39, 0.29) is 11.8 Å². The molecule has 2 amide bonds. The molecule has 0 bridgehead atoms. The van der Waals surface area contributed by atoms with Gasteiger partial charge in [0.1, 0.15) is 5.71 Å². The van der Waals surface area contributed by atoms with Crippen LogP contribution in [-0.4, -0.2) is 34.6 Å². The van der Waals surface area contributed by atoms with E-state index in [9.17, 15) is 9.59 Å². The molecule has 0 radical (unpaired) electrons. The van der Waals surface area contributed by atoms with E-state index in [1.807, 2.05) is 5.38 Å². The van der Waals surface area contributed by atoms with Gasteiger partial charge in [0.05, 0.1) is 5.69 Å². The quantitative estimate of drug-likeness (QED) is 0.904. The predicted octanol–water partition coefficient (Wildman–Crippen LogP) is 3.24. The Labute approximate surface area is 155 Å². The van der Waals surface area contributed by atoms with Crippen molar-refractivity contribution in [3.8, 4) is 11.3 Å². The monoisotopic (exact) mass is 368 g/mol. The number of hydrazone groups is 1. The van der Waals surface area contributed by atoms with Gasteiger partial charge >= 0.3 is 0 Å². The largest absolute Gasteiger partial charge is 0.297 e. The number of anilines is 1. The fraction of sp³-hybridized carbons (Fsp3) is 0.368. The van der Waals surface area contributed by atoms with Crippen molar-refractivity contribution in [1.29, 1.82) is 0 Å². The molecule has 6 nitrogen and oxygen atoms in total. The Balaban J connectivity index is 1.49. The summed E-state index contributed by atoms with van der Waals surface area (Å²) in [5.41, 5.74) is 5.17. The molecule has 1 aromatic heterocycles. The van der Waals surface area contributed by atoms with E-state index in [1.54, 1.807) is 7.05 Å². The van der Waals surface area contributed by atoms with Crippen molar-refractivity contribution in [3.05, 3.63) is 34.7 Å². The van der Waals surface area contributed by atoms with E-state index in [4.69, 9.17) is 0 Å². The normalized spacial score (nSPS) is 16.9. The van der Waals surface area contributed by atoms with Gasteiger partial charge < -0.3 is 0 Å². The summed E-state index contributed by atoms with van der Waals surface area (Å²) in [4.78, 5) is 28.4. The van der Waals surface area contributed by atoms with Gasteiger partial charge in [-0.3, -0.25) is 14.9 Å². The smallest absolute Gasteiger partial charge is 0.273 e. The van der Waals surface area contributed by atoms with Gasteiger partial charge in [-0.1, -0.05) is 12.1 Å². The van der Waals surface area contributed by atoms with Gasteiger partial charge in [0, 0.05) is 30.8 Å². The zero-order valence-electron chi connectivity index (χ0n) is 14.6. The fourth-order valence-corrected chi connectivity index (χ4v) is 4.07. The molecule has 1 aliphatic carbocycles. The van der Waals surface area contributed by atoms with Crippen molar-refractivity contribution in [2.45, 2.75) is 38.5 Å². The average molecular weight is 368 g/mol. The highest BCUT2D eigenvalue weighted by atomic mass is 32.1. The van der Waals surface area contributed by atoms with Crippen LogP contribution in [0.15, 0.2) is 28.7 Å². The van der Waals surface area contributed by atoms with Crippen molar-refractivity contribution in [3.63, 3.8) is 0 Å². The molecule has 0 saturated heterocycles. The minimum atomic E-state index is -0.296. The van der Waals surface area contributed by atoms with Crippen LogP contribution in [0.5, 0.6) is 0 Å². The Hall–Kier alpha value is -2.54. The highest BCUT2D eigenvalue weighted by molar-refractivity contribution is 7.14. The Kier molecular flexibility index (Phi) is 4.55. The third-order valence-electron chi connectivity index (χ3n) is 4.84. The standard InChI is InChI=1S/C19H20N4O2S/c1-23-17(24)9-8-15(22-23)18(25)21-19-20-16(11-26-19)14-7-6-12-4-2-3-5-13(12)10-14/h6-7,10-11H,2-5,8-9H2,1H3,(H,20,21,25).